The van der Waals surface area contributed by atoms with Crippen molar-refractivity contribution >= 4 is 35.1 Å². The van der Waals surface area contributed by atoms with Crippen LogP contribution in [0.25, 0.3) is 0 Å². The molecule has 0 bridgehead atoms. The van der Waals surface area contributed by atoms with Gasteiger partial charge in [0.15, 0.2) is 0 Å². The number of amides is 1. The normalized spacial score (nSPS) is 10.5. The molecule has 0 atom stereocenters. The first-order valence-corrected chi connectivity index (χ1v) is 11.6. The number of anilines is 1. The highest BCUT2D eigenvalue weighted by atomic mass is 32.2. The highest BCUT2D eigenvalue weighted by molar-refractivity contribution is 8.21. The number of nitrogens with one attached hydrogen (secondary N) is 1. The first kappa shape index (κ1) is 25.3. The van der Waals surface area contributed by atoms with Crippen LogP contribution in [0.4, 0.5) is 27.6 Å². The molecule has 0 radical (unpaired) electrons. The third kappa shape index (κ3) is 6.85. The lowest BCUT2D eigenvalue weighted by Crippen LogP contribution is -2.14. The zero-order chi connectivity index (χ0) is 24.7. The van der Waals surface area contributed by atoms with E-state index >= 15 is 0 Å². The maximum Gasteiger partial charge on any atom is 0.268 e. The number of nitriles is 1. The number of carbonyl (C=O) groups is 1. The van der Waals surface area contributed by atoms with Crippen LogP contribution < -0.4 is 5.32 Å². The van der Waals surface area contributed by atoms with Gasteiger partial charge in [0.25, 0.3) is 5.91 Å². The molecule has 174 valence electrons. The Morgan fingerprint density at radius 2 is 1.24 bits per heavy atom. The minimum absolute atomic E-state index is 0.00345. The third-order valence-corrected chi connectivity index (χ3v) is 6.93. The Kier molecular flexibility index (Phi) is 8.73. The zero-order valence-corrected chi connectivity index (χ0v) is 18.9. The number of nitrogens with zero attached hydrogens (tertiary/aromatic N) is 1. The van der Waals surface area contributed by atoms with E-state index in [0.717, 1.165) is 72.1 Å². The van der Waals surface area contributed by atoms with E-state index in [1.54, 1.807) is 6.07 Å². The number of thioether (sulfide) groups is 2. The van der Waals surface area contributed by atoms with Gasteiger partial charge in [-0.3, -0.25) is 4.79 Å². The molecule has 0 saturated heterocycles. The zero-order valence-electron chi connectivity index (χ0n) is 17.2. The molecule has 10 heteroatoms. The van der Waals surface area contributed by atoms with Crippen LogP contribution in [0.1, 0.15) is 11.1 Å². The summed E-state index contributed by atoms with van der Waals surface area (Å²) in [6.45, 7) is 0. The van der Waals surface area contributed by atoms with E-state index in [9.17, 15) is 32.0 Å². The van der Waals surface area contributed by atoms with Crippen molar-refractivity contribution in [1.82, 2.24) is 0 Å². The van der Waals surface area contributed by atoms with Gasteiger partial charge >= 0.3 is 0 Å². The van der Waals surface area contributed by atoms with Gasteiger partial charge in [-0.25, -0.2) is 22.0 Å². The molecule has 34 heavy (non-hydrogen) atoms. The Hall–Kier alpha value is -3.29. The lowest BCUT2D eigenvalue weighted by atomic mass is 10.2. The second-order valence-electron chi connectivity index (χ2n) is 6.78. The number of carbonyl (C=O) groups excluding carboxylic acids is 1. The molecule has 0 aliphatic heterocycles. The molecule has 3 nitrogen and oxygen atoms in total. The Balaban J connectivity index is 1.89. The molecular formula is C24H15F5N2OS2. The molecule has 0 aliphatic rings. The molecule has 0 fully saturated rings. The molecular weight excluding hydrogens is 491 g/mol. The minimum Gasteiger partial charge on any atom is -0.321 e. The topological polar surface area (TPSA) is 52.9 Å². The maximum atomic E-state index is 14.1. The van der Waals surface area contributed by atoms with Crippen molar-refractivity contribution in [2.24, 2.45) is 0 Å². The molecule has 0 aromatic heterocycles. The fourth-order valence-corrected chi connectivity index (χ4v) is 4.96. The summed E-state index contributed by atoms with van der Waals surface area (Å²) in [5, 5.41) is 12.1. The first-order valence-electron chi connectivity index (χ1n) is 9.61. The van der Waals surface area contributed by atoms with Crippen LogP contribution in [-0.4, -0.2) is 5.91 Å². The van der Waals surface area contributed by atoms with Gasteiger partial charge in [-0.1, -0.05) is 0 Å². The first-order chi connectivity index (χ1) is 16.3. The fourth-order valence-electron chi connectivity index (χ4n) is 2.70. The van der Waals surface area contributed by atoms with Gasteiger partial charge in [-0.2, -0.15) is 5.26 Å². The van der Waals surface area contributed by atoms with Crippen LogP contribution in [0.5, 0.6) is 0 Å². The van der Waals surface area contributed by atoms with E-state index in [-0.39, 0.29) is 38.1 Å². The van der Waals surface area contributed by atoms with Gasteiger partial charge in [0, 0.05) is 28.3 Å². The highest BCUT2D eigenvalue weighted by Gasteiger charge is 2.19. The van der Waals surface area contributed by atoms with Crippen LogP contribution >= 0.6 is 23.5 Å². The third-order valence-electron chi connectivity index (χ3n) is 4.38. The highest BCUT2D eigenvalue weighted by Crippen LogP contribution is 2.37. The van der Waals surface area contributed by atoms with E-state index < -0.39 is 35.0 Å². The lowest BCUT2D eigenvalue weighted by molar-refractivity contribution is -0.112. The van der Waals surface area contributed by atoms with E-state index in [1.165, 1.54) is 12.1 Å². The average Bonchev–Trinajstić information content (AvgIpc) is 2.81. The van der Waals surface area contributed by atoms with Gasteiger partial charge in [-0.15, -0.1) is 23.5 Å². The molecule has 0 aliphatic carbocycles. The summed E-state index contributed by atoms with van der Waals surface area (Å²) in [6.07, 6.45) is 0. The molecule has 0 spiro atoms. The number of halogens is 5. The summed E-state index contributed by atoms with van der Waals surface area (Å²) in [5.41, 5.74) is -0.152. The molecule has 0 saturated carbocycles. The average molecular weight is 507 g/mol. The second kappa shape index (κ2) is 11.7. The smallest absolute Gasteiger partial charge is 0.268 e. The summed E-state index contributed by atoms with van der Waals surface area (Å²) >= 11 is 1.75. The Bertz CT molecular complexity index is 1220. The Morgan fingerprint density at radius 1 is 0.765 bits per heavy atom. The molecule has 3 aromatic rings. The van der Waals surface area contributed by atoms with E-state index in [2.05, 4.69) is 5.32 Å². The van der Waals surface area contributed by atoms with Crippen LogP contribution in [-0.2, 0) is 16.3 Å². The maximum absolute atomic E-state index is 14.1. The predicted octanol–water partition coefficient (Wildman–Crippen LogP) is 6.92. The second-order valence-corrected chi connectivity index (χ2v) is 9.01. The SMILES string of the molecule is N#CC(C(=O)Nc1ccc(F)cc1)=C(SCc1cc(F)ccc1F)SCc1cc(F)ccc1F. The molecule has 0 unspecified atom stereocenters. The number of hydrogen-bond acceptors (Lipinski definition) is 4. The molecule has 3 rings (SSSR count). The summed E-state index contributed by atoms with van der Waals surface area (Å²) in [6, 6.07) is 12.4. The van der Waals surface area contributed by atoms with Gasteiger partial charge in [0.05, 0.1) is 4.24 Å². The Morgan fingerprint density at radius 3 is 1.71 bits per heavy atom. The van der Waals surface area contributed by atoms with Crippen LogP contribution in [0, 0.1) is 40.4 Å². The van der Waals surface area contributed by atoms with Gasteiger partial charge < -0.3 is 5.32 Å². The van der Waals surface area contributed by atoms with Crippen molar-refractivity contribution in [2.75, 3.05) is 5.32 Å². The quantitative estimate of drug-likeness (QED) is 0.205. The standard InChI is InChI=1S/C24H15F5N2OS2/c25-16-1-5-19(6-2-16)31-23(32)20(11-30)24(33-12-14-9-17(26)3-7-21(14)28)34-13-15-10-18(27)4-8-22(15)29/h1-10H,12-13H2,(H,31,32). The number of rotatable bonds is 8. The number of hydrogen-bond donors (Lipinski definition) is 1. The van der Waals surface area contributed by atoms with Crippen molar-refractivity contribution in [3.63, 3.8) is 0 Å². The fraction of sp³-hybridized carbons (Fsp3) is 0.0833. The van der Waals surface area contributed by atoms with Crippen molar-refractivity contribution in [1.29, 1.82) is 5.26 Å². The van der Waals surface area contributed by atoms with Crippen molar-refractivity contribution in [2.45, 2.75) is 11.5 Å². The minimum atomic E-state index is -0.830. The molecule has 1 N–H and O–H groups in total. The van der Waals surface area contributed by atoms with Gasteiger partial charge in [0.2, 0.25) is 0 Å². The summed E-state index contributed by atoms with van der Waals surface area (Å²) in [7, 11) is 0. The van der Waals surface area contributed by atoms with Crippen molar-refractivity contribution in [3.8, 4) is 6.07 Å². The van der Waals surface area contributed by atoms with E-state index in [4.69, 9.17) is 0 Å². The predicted molar refractivity (Wildman–Crippen MR) is 123 cm³/mol. The largest absolute Gasteiger partial charge is 0.321 e. The molecule has 0 heterocycles. The van der Waals surface area contributed by atoms with E-state index in [1.807, 2.05) is 0 Å². The summed E-state index contributed by atoms with van der Waals surface area (Å²) in [4.78, 5) is 12.8. The molecule has 3 aromatic carbocycles. The lowest BCUT2D eigenvalue weighted by Gasteiger charge is -2.12. The van der Waals surface area contributed by atoms with Crippen LogP contribution in [0.15, 0.2) is 70.5 Å². The van der Waals surface area contributed by atoms with E-state index in [0.29, 0.717) is 0 Å². The number of benzene rings is 3. The Labute approximate surface area is 200 Å². The van der Waals surface area contributed by atoms with Gasteiger partial charge in [-0.05, 0) is 60.7 Å². The summed E-state index contributed by atoms with van der Waals surface area (Å²) in [5.74, 6) is -4.29. The van der Waals surface area contributed by atoms with Crippen LogP contribution in [0.2, 0.25) is 0 Å². The van der Waals surface area contributed by atoms with Crippen LogP contribution in [0.3, 0.4) is 0 Å². The van der Waals surface area contributed by atoms with Gasteiger partial charge in [0.1, 0.15) is 40.7 Å². The van der Waals surface area contributed by atoms with Crippen molar-refractivity contribution < 1.29 is 26.7 Å². The summed E-state index contributed by atoms with van der Waals surface area (Å²) < 4.78 is 68.4. The monoisotopic (exact) mass is 506 g/mol. The van der Waals surface area contributed by atoms with Crippen molar-refractivity contribution in [3.05, 3.63) is 111 Å². The molecule has 1 amide bonds.